The molecule has 6 heteroatoms. The first kappa shape index (κ1) is 18.4. The van der Waals surface area contributed by atoms with Crippen LogP contribution >= 0.6 is 11.6 Å². The summed E-state index contributed by atoms with van der Waals surface area (Å²) in [5, 5.41) is 15.6. The minimum atomic E-state index is -0.307. The summed E-state index contributed by atoms with van der Waals surface area (Å²) in [4.78, 5) is 16.5. The number of nitrogens with one attached hydrogen (secondary N) is 2. The highest BCUT2D eigenvalue weighted by Crippen LogP contribution is 2.14. The van der Waals surface area contributed by atoms with Gasteiger partial charge in [-0.15, -0.1) is 0 Å². The molecule has 0 radical (unpaired) electrons. The van der Waals surface area contributed by atoms with Gasteiger partial charge in [-0.25, -0.2) is 0 Å². The summed E-state index contributed by atoms with van der Waals surface area (Å²) in [6.45, 7) is 0.709. The number of hydrogen-bond acceptors (Lipinski definition) is 4. The van der Waals surface area contributed by atoms with E-state index < -0.39 is 0 Å². The number of amides is 1. The van der Waals surface area contributed by atoms with Gasteiger partial charge >= 0.3 is 0 Å². The van der Waals surface area contributed by atoms with Gasteiger partial charge in [-0.1, -0.05) is 23.7 Å². The highest BCUT2D eigenvalue weighted by molar-refractivity contribution is 6.30. The first-order valence-corrected chi connectivity index (χ1v) is 8.78. The normalized spacial score (nSPS) is 10.1. The summed E-state index contributed by atoms with van der Waals surface area (Å²) >= 11 is 5.99. The molecular formula is C21H17ClN4O. The lowest BCUT2D eigenvalue weighted by molar-refractivity contribution is 0.102. The molecule has 2 aromatic carbocycles. The van der Waals surface area contributed by atoms with Crippen molar-refractivity contribution in [2.45, 2.75) is 6.42 Å². The molecule has 0 fully saturated rings. The molecule has 0 aliphatic carbocycles. The van der Waals surface area contributed by atoms with Crippen molar-refractivity contribution in [3.05, 3.63) is 88.7 Å². The van der Waals surface area contributed by atoms with E-state index in [1.54, 1.807) is 36.5 Å². The van der Waals surface area contributed by atoms with E-state index in [-0.39, 0.29) is 5.91 Å². The molecule has 0 spiro atoms. The maximum absolute atomic E-state index is 12.4. The fourth-order valence-electron chi connectivity index (χ4n) is 2.53. The van der Waals surface area contributed by atoms with Gasteiger partial charge in [-0.2, -0.15) is 5.26 Å². The Bertz CT molecular complexity index is 980. The molecule has 1 amide bonds. The molecule has 1 heterocycles. The number of carbonyl (C=O) groups is 1. The van der Waals surface area contributed by atoms with E-state index in [0.717, 1.165) is 22.7 Å². The monoisotopic (exact) mass is 376 g/mol. The second kappa shape index (κ2) is 8.84. The van der Waals surface area contributed by atoms with Crippen molar-refractivity contribution in [3.63, 3.8) is 0 Å². The number of aromatic nitrogens is 1. The van der Waals surface area contributed by atoms with Crippen molar-refractivity contribution in [1.82, 2.24) is 4.98 Å². The predicted octanol–water partition coefficient (Wildman–Crippen LogP) is 4.51. The Labute approximate surface area is 162 Å². The van der Waals surface area contributed by atoms with Gasteiger partial charge in [0, 0.05) is 29.1 Å². The zero-order chi connectivity index (χ0) is 19.1. The topological polar surface area (TPSA) is 77.8 Å². The summed E-state index contributed by atoms with van der Waals surface area (Å²) in [6.07, 6.45) is 2.41. The van der Waals surface area contributed by atoms with Crippen LogP contribution in [0, 0.1) is 11.3 Å². The van der Waals surface area contributed by atoms with Gasteiger partial charge in [-0.05, 0) is 60.5 Å². The lowest BCUT2D eigenvalue weighted by Crippen LogP contribution is -2.14. The number of nitriles is 1. The minimum absolute atomic E-state index is 0.307. The number of nitrogens with zero attached hydrogens (tertiary/aromatic N) is 2. The highest BCUT2D eigenvalue weighted by Gasteiger charge is 2.08. The quantitative estimate of drug-likeness (QED) is 0.663. The lowest BCUT2D eigenvalue weighted by atomic mass is 10.1. The van der Waals surface area contributed by atoms with Gasteiger partial charge in [-0.3, -0.25) is 9.78 Å². The Balaban J connectivity index is 1.58. The number of pyridine rings is 1. The molecule has 2 N–H and O–H groups in total. The van der Waals surface area contributed by atoms with E-state index in [1.165, 1.54) is 0 Å². The summed E-state index contributed by atoms with van der Waals surface area (Å²) in [6, 6.07) is 20.0. The smallest absolute Gasteiger partial charge is 0.274 e. The van der Waals surface area contributed by atoms with E-state index in [4.69, 9.17) is 16.9 Å². The third kappa shape index (κ3) is 5.30. The fraction of sp³-hybridized carbons (Fsp3) is 0.0952. The molecule has 0 saturated carbocycles. The Kier molecular flexibility index (Phi) is 6.03. The molecule has 0 aliphatic heterocycles. The Morgan fingerprint density at radius 1 is 1.07 bits per heavy atom. The lowest BCUT2D eigenvalue weighted by Gasteiger charge is -2.09. The average Bonchev–Trinajstić information content (AvgIpc) is 2.69. The number of benzene rings is 2. The second-order valence-electron chi connectivity index (χ2n) is 5.88. The van der Waals surface area contributed by atoms with Crippen molar-refractivity contribution in [1.29, 1.82) is 5.26 Å². The SMILES string of the molecule is N#Cc1ccc(NC(=O)c2cc(NCCc3cccc(Cl)c3)ccn2)cc1. The van der Waals surface area contributed by atoms with Crippen LogP contribution in [0.25, 0.3) is 0 Å². The minimum Gasteiger partial charge on any atom is -0.385 e. The molecule has 0 unspecified atom stereocenters. The number of halogens is 1. The highest BCUT2D eigenvalue weighted by atomic mass is 35.5. The van der Waals surface area contributed by atoms with Crippen molar-refractivity contribution >= 4 is 28.9 Å². The summed E-state index contributed by atoms with van der Waals surface area (Å²) in [5.41, 5.74) is 3.42. The third-order valence-electron chi connectivity index (χ3n) is 3.90. The van der Waals surface area contributed by atoms with E-state index >= 15 is 0 Å². The maximum atomic E-state index is 12.4. The van der Waals surface area contributed by atoms with E-state index in [9.17, 15) is 4.79 Å². The number of anilines is 2. The number of carbonyl (C=O) groups excluding carboxylic acids is 1. The molecule has 5 nitrogen and oxygen atoms in total. The molecular weight excluding hydrogens is 360 g/mol. The average molecular weight is 377 g/mol. The van der Waals surface area contributed by atoms with E-state index in [2.05, 4.69) is 15.6 Å². The summed E-state index contributed by atoms with van der Waals surface area (Å²) in [5.74, 6) is -0.307. The molecule has 0 aliphatic rings. The van der Waals surface area contributed by atoms with Crippen molar-refractivity contribution < 1.29 is 4.79 Å². The maximum Gasteiger partial charge on any atom is 0.274 e. The Hall–Kier alpha value is -3.36. The summed E-state index contributed by atoms with van der Waals surface area (Å²) in [7, 11) is 0. The van der Waals surface area contributed by atoms with Crippen LogP contribution in [0.1, 0.15) is 21.6 Å². The molecule has 3 rings (SSSR count). The van der Waals surface area contributed by atoms with Crippen LogP contribution < -0.4 is 10.6 Å². The Morgan fingerprint density at radius 3 is 2.63 bits per heavy atom. The van der Waals surface area contributed by atoms with Gasteiger partial charge in [0.1, 0.15) is 5.69 Å². The number of rotatable bonds is 6. The Morgan fingerprint density at radius 2 is 1.89 bits per heavy atom. The van der Waals surface area contributed by atoms with Crippen LogP contribution in [0.2, 0.25) is 5.02 Å². The molecule has 0 atom stereocenters. The molecule has 27 heavy (non-hydrogen) atoms. The van der Waals surface area contributed by atoms with Gasteiger partial charge in [0.2, 0.25) is 0 Å². The van der Waals surface area contributed by atoms with Crippen LogP contribution in [-0.2, 0) is 6.42 Å². The van der Waals surface area contributed by atoms with Crippen LogP contribution in [0.15, 0.2) is 66.9 Å². The second-order valence-corrected chi connectivity index (χ2v) is 6.32. The predicted molar refractivity (Wildman–Crippen MR) is 107 cm³/mol. The fourth-order valence-corrected chi connectivity index (χ4v) is 2.74. The van der Waals surface area contributed by atoms with Crippen molar-refractivity contribution in [2.75, 3.05) is 17.2 Å². The molecule has 3 aromatic rings. The van der Waals surface area contributed by atoms with Crippen molar-refractivity contribution in [3.8, 4) is 6.07 Å². The van der Waals surface area contributed by atoms with Crippen LogP contribution in [0.5, 0.6) is 0 Å². The van der Waals surface area contributed by atoms with Crippen LogP contribution in [0.4, 0.5) is 11.4 Å². The van der Waals surface area contributed by atoms with Crippen LogP contribution in [-0.4, -0.2) is 17.4 Å². The molecule has 1 aromatic heterocycles. The molecule has 0 saturated heterocycles. The van der Waals surface area contributed by atoms with Gasteiger partial charge < -0.3 is 10.6 Å². The molecule has 134 valence electrons. The zero-order valence-corrected chi connectivity index (χ0v) is 15.2. The number of hydrogen-bond donors (Lipinski definition) is 2. The molecule has 0 bridgehead atoms. The zero-order valence-electron chi connectivity index (χ0n) is 14.4. The van der Waals surface area contributed by atoms with Gasteiger partial charge in [0.05, 0.1) is 11.6 Å². The largest absolute Gasteiger partial charge is 0.385 e. The first-order valence-electron chi connectivity index (χ1n) is 8.40. The van der Waals surface area contributed by atoms with Gasteiger partial charge in [0.25, 0.3) is 5.91 Å². The van der Waals surface area contributed by atoms with E-state index in [0.29, 0.717) is 23.5 Å². The van der Waals surface area contributed by atoms with Gasteiger partial charge in [0.15, 0.2) is 0 Å². The van der Waals surface area contributed by atoms with Crippen LogP contribution in [0.3, 0.4) is 0 Å². The summed E-state index contributed by atoms with van der Waals surface area (Å²) < 4.78 is 0. The van der Waals surface area contributed by atoms with Crippen molar-refractivity contribution in [2.24, 2.45) is 0 Å². The first-order chi connectivity index (χ1) is 13.1. The standard InChI is InChI=1S/C21H17ClN4O/c22-17-3-1-2-15(12-17)8-10-24-19-9-11-25-20(13-19)21(27)26-18-6-4-16(14-23)5-7-18/h1-7,9,11-13H,8,10H2,(H,24,25)(H,26,27). The van der Waals surface area contributed by atoms with E-state index in [1.807, 2.05) is 36.4 Å². The third-order valence-corrected chi connectivity index (χ3v) is 4.13.